The molecule has 0 spiro atoms. The first-order valence-electron chi connectivity index (χ1n) is 6.50. The van der Waals surface area contributed by atoms with Gasteiger partial charge in [-0.15, -0.1) is 0 Å². The SMILES string of the molecule is C=CC(=O)O.OCC(O)(Oc1ccccc1)c1ccccc1. The molecular weight excluding hydrogens is 284 g/mol. The molecule has 0 aliphatic heterocycles. The molecule has 116 valence electrons. The number of hydrogen-bond acceptors (Lipinski definition) is 4. The van der Waals surface area contributed by atoms with E-state index in [0.717, 1.165) is 6.08 Å². The highest BCUT2D eigenvalue weighted by Gasteiger charge is 2.30. The maximum atomic E-state index is 10.3. The number of para-hydroxylation sites is 1. The molecular formula is C17H18O5. The van der Waals surface area contributed by atoms with Crippen LogP contribution in [0.25, 0.3) is 0 Å². The highest BCUT2D eigenvalue weighted by atomic mass is 16.6. The number of aliphatic hydroxyl groups excluding tert-OH is 1. The molecule has 0 saturated heterocycles. The van der Waals surface area contributed by atoms with Crippen LogP contribution < -0.4 is 4.74 Å². The van der Waals surface area contributed by atoms with Gasteiger partial charge in [-0.3, -0.25) is 0 Å². The minimum Gasteiger partial charge on any atom is -0.478 e. The van der Waals surface area contributed by atoms with Gasteiger partial charge in [0.15, 0.2) is 0 Å². The lowest BCUT2D eigenvalue weighted by atomic mass is 10.1. The van der Waals surface area contributed by atoms with E-state index in [-0.39, 0.29) is 0 Å². The van der Waals surface area contributed by atoms with Crippen LogP contribution in [0.1, 0.15) is 5.56 Å². The molecule has 0 aliphatic rings. The molecule has 0 bridgehead atoms. The second-order valence-corrected chi connectivity index (χ2v) is 4.27. The second kappa shape index (κ2) is 8.61. The molecule has 2 aromatic carbocycles. The van der Waals surface area contributed by atoms with E-state index in [9.17, 15) is 15.0 Å². The van der Waals surface area contributed by atoms with Crippen molar-refractivity contribution in [2.75, 3.05) is 6.61 Å². The Hall–Kier alpha value is -2.63. The first-order valence-corrected chi connectivity index (χ1v) is 6.50. The van der Waals surface area contributed by atoms with Crippen LogP contribution in [0.15, 0.2) is 73.3 Å². The molecule has 0 aromatic heterocycles. The number of hydrogen-bond donors (Lipinski definition) is 3. The van der Waals surface area contributed by atoms with Crippen LogP contribution in [-0.4, -0.2) is 27.9 Å². The van der Waals surface area contributed by atoms with Crippen molar-refractivity contribution in [3.8, 4) is 5.75 Å². The van der Waals surface area contributed by atoms with Crippen molar-refractivity contribution >= 4 is 5.97 Å². The van der Waals surface area contributed by atoms with Crippen LogP contribution in [0.5, 0.6) is 5.75 Å². The van der Waals surface area contributed by atoms with Gasteiger partial charge in [-0.05, 0) is 12.1 Å². The largest absolute Gasteiger partial charge is 0.478 e. The molecule has 1 unspecified atom stereocenters. The lowest BCUT2D eigenvalue weighted by Crippen LogP contribution is -2.36. The van der Waals surface area contributed by atoms with E-state index in [1.165, 1.54) is 0 Å². The van der Waals surface area contributed by atoms with Crippen LogP contribution in [0, 0.1) is 0 Å². The van der Waals surface area contributed by atoms with Gasteiger partial charge in [0.05, 0.1) is 0 Å². The topological polar surface area (TPSA) is 87.0 Å². The van der Waals surface area contributed by atoms with E-state index in [4.69, 9.17) is 9.84 Å². The molecule has 2 aromatic rings. The van der Waals surface area contributed by atoms with E-state index >= 15 is 0 Å². The number of carboxylic acids is 1. The zero-order valence-corrected chi connectivity index (χ0v) is 11.9. The Bertz CT molecular complexity index is 583. The highest BCUT2D eigenvalue weighted by molar-refractivity contribution is 5.78. The summed E-state index contributed by atoms with van der Waals surface area (Å²) in [6, 6.07) is 17.7. The van der Waals surface area contributed by atoms with Gasteiger partial charge >= 0.3 is 5.97 Å². The molecule has 0 saturated carbocycles. The number of carbonyl (C=O) groups is 1. The van der Waals surface area contributed by atoms with E-state index in [1.54, 1.807) is 48.5 Å². The van der Waals surface area contributed by atoms with E-state index in [2.05, 4.69) is 6.58 Å². The van der Waals surface area contributed by atoms with Crippen LogP contribution in [0.3, 0.4) is 0 Å². The quantitative estimate of drug-likeness (QED) is 0.582. The summed E-state index contributed by atoms with van der Waals surface area (Å²) in [5.41, 5.74) is 0.520. The minimum atomic E-state index is -1.71. The Labute approximate surface area is 128 Å². The Morgan fingerprint density at radius 1 is 1.09 bits per heavy atom. The van der Waals surface area contributed by atoms with Crippen molar-refractivity contribution in [2.45, 2.75) is 5.79 Å². The average molecular weight is 302 g/mol. The van der Waals surface area contributed by atoms with Crippen molar-refractivity contribution in [3.05, 3.63) is 78.9 Å². The monoisotopic (exact) mass is 302 g/mol. The van der Waals surface area contributed by atoms with E-state index in [0.29, 0.717) is 11.3 Å². The Balaban J connectivity index is 0.000000422. The van der Waals surface area contributed by atoms with Gasteiger partial charge in [0, 0.05) is 11.6 Å². The lowest BCUT2D eigenvalue weighted by molar-refractivity contribution is -0.174. The summed E-state index contributed by atoms with van der Waals surface area (Å²) in [6.07, 6.45) is 0.833. The summed E-state index contributed by atoms with van der Waals surface area (Å²) in [5, 5.41) is 27.2. The van der Waals surface area contributed by atoms with E-state index < -0.39 is 18.4 Å². The molecule has 2 rings (SSSR count). The first-order chi connectivity index (χ1) is 10.5. The maximum Gasteiger partial charge on any atom is 0.327 e. The minimum absolute atomic E-state index is 0.507. The molecule has 5 nitrogen and oxygen atoms in total. The summed E-state index contributed by atoms with van der Waals surface area (Å²) in [5.74, 6) is -2.18. The van der Waals surface area contributed by atoms with Gasteiger partial charge in [-0.1, -0.05) is 55.1 Å². The van der Waals surface area contributed by atoms with E-state index in [1.807, 2.05) is 12.1 Å². The third-order valence-corrected chi connectivity index (χ3v) is 2.64. The molecule has 0 heterocycles. The molecule has 0 aliphatic carbocycles. The Kier molecular flexibility index (Phi) is 6.82. The summed E-state index contributed by atoms with van der Waals surface area (Å²) in [4.78, 5) is 9.25. The third kappa shape index (κ3) is 5.40. The maximum absolute atomic E-state index is 10.3. The standard InChI is InChI=1S/C14H14O3.C3H4O2/c15-11-14(16,12-7-3-1-4-8-12)17-13-9-5-2-6-10-13;1-2-3(4)5/h1-10,15-16H,11H2;2H,1H2,(H,4,5). The van der Waals surface area contributed by atoms with Crippen LogP contribution in [0.4, 0.5) is 0 Å². The number of rotatable bonds is 5. The molecule has 3 N–H and O–H groups in total. The van der Waals surface area contributed by atoms with Gasteiger partial charge in [0.2, 0.25) is 0 Å². The normalized spacial score (nSPS) is 12.3. The zero-order valence-electron chi connectivity index (χ0n) is 11.9. The fraction of sp³-hybridized carbons (Fsp3) is 0.118. The Morgan fingerprint density at radius 3 is 1.95 bits per heavy atom. The number of carboxylic acid groups (broad SMARTS) is 1. The molecule has 0 fully saturated rings. The lowest BCUT2D eigenvalue weighted by Gasteiger charge is -2.27. The van der Waals surface area contributed by atoms with Crippen LogP contribution in [0.2, 0.25) is 0 Å². The number of aliphatic carboxylic acids is 1. The average Bonchev–Trinajstić information content (AvgIpc) is 2.57. The summed E-state index contributed by atoms with van der Waals surface area (Å²) in [6.45, 7) is 2.45. The van der Waals surface area contributed by atoms with Crippen LogP contribution in [-0.2, 0) is 10.6 Å². The van der Waals surface area contributed by atoms with Crippen molar-refractivity contribution in [3.63, 3.8) is 0 Å². The predicted octanol–water partition coefficient (Wildman–Crippen LogP) is 2.16. The van der Waals surface area contributed by atoms with Gasteiger partial charge in [0.1, 0.15) is 12.4 Å². The number of aliphatic hydroxyl groups is 2. The molecule has 1 atom stereocenters. The zero-order chi connectivity index (χ0) is 16.4. The summed E-state index contributed by atoms with van der Waals surface area (Å²) < 4.78 is 5.44. The van der Waals surface area contributed by atoms with Gasteiger partial charge < -0.3 is 20.1 Å². The summed E-state index contributed by atoms with van der Waals surface area (Å²) >= 11 is 0. The third-order valence-electron chi connectivity index (χ3n) is 2.64. The van der Waals surface area contributed by atoms with Crippen molar-refractivity contribution in [1.29, 1.82) is 0 Å². The smallest absolute Gasteiger partial charge is 0.327 e. The van der Waals surface area contributed by atoms with Crippen LogP contribution >= 0.6 is 0 Å². The highest BCUT2D eigenvalue weighted by Crippen LogP contribution is 2.25. The Morgan fingerprint density at radius 2 is 1.55 bits per heavy atom. The fourth-order valence-electron chi connectivity index (χ4n) is 1.56. The van der Waals surface area contributed by atoms with Gasteiger partial charge in [-0.2, -0.15) is 0 Å². The van der Waals surface area contributed by atoms with Crippen molar-refractivity contribution in [1.82, 2.24) is 0 Å². The number of ether oxygens (including phenoxy) is 1. The van der Waals surface area contributed by atoms with Crippen molar-refractivity contribution in [2.24, 2.45) is 0 Å². The van der Waals surface area contributed by atoms with Crippen molar-refractivity contribution < 1.29 is 24.9 Å². The molecule has 0 radical (unpaired) electrons. The number of benzene rings is 2. The molecule has 5 heteroatoms. The first kappa shape index (κ1) is 17.4. The molecule has 0 amide bonds. The van der Waals surface area contributed by atoms with Gasteiger partial charge in [-0.25, -0.2) is 4.79 Å². The summed E-state index contributed by atoms with van der Waals surface area (Å²) in [7, 11) is 0. The van der Waals surface area contributed by atoms with Gasteiger partial charge in [0.25, 0.3) is 5.79 Å². The second-order valence-electron chi connectivity index (χ2n) is 4.27. The molecule has 22 heavy (non-hydrogen) atoms. The predicted molar refractivity (Wildman–Crippen MR) is 82.3 cm³/mol. The fourth-order valence-corrected chi connectivity index (χ4v) is 1.56.